The molecule has 190 valence electrons. The predicted octanol–water partition coefficient (Wildman–Crippen LogP) is 4.00. The minimum absolute atomic E-state index is 0.0268. The molecule has 1 N–H and O–H groups in total. The molecule has 5 rings (SSSR count). The maximum atomic E-state index is 13.8. The van der Waals surface area contributed by atoms with Crippen LogP contribution in [0.1, 0.15) is 56.7 Å². The van der Waals surface area contributed by atoms with Crippen molar-refractivity contribution in [3.8, 4) is 0 Å². The van der Waals surface area contributed by atoms with Crippen molar-refractivity contribution in [2.45, 2.75) is 64.1 Å². The molecule has 0 spiro atoms. The lowest BCUT2D eigenvalue weighted by molar-refractivity contribution is -0.135. The smallest absolute Gasteiger partial charge is 0.353 e. The average Bonchev–Trinajstić information content (AvgIpc) is 3.50. The van der Waals surface area contributed by atoms with Gasteiger partial charge in [0.2, 0.25) is 5.91 Å². The van der Waals surface area contributed by atoms with Gasteiger partial charge in [-0.25, -0.2) is 9.97 Å². The summed E-state index contributed by atoms with van der Waals surface area (Å²) >= 11 is 0. The molecule has 35 heavy (non-hydrogen) atoms. The van der Waals surface area contributed by atoms with Gasteiger partial charge in [-0.1, -0.05) is 31.6 Å². The number of carbonyl (C=O) groups excluding carboxylic acids is 1. The first kappa shape index (κ1) is 24.3. The summed E-state index contributed by atoms with van der Waals surface area (Å²) in [5, 5.41) is 3.45. The Morgan fingerprint density at radius 2 is 1.86 bits per heavy atom. The fourth-order valence-electron chi connectivity index (χ4n) is 6.25. The minimum atomic E-state index is -4.32. The molecule has 2 fully saturated rings. The Labute approximate surface area is 204 Å². The molecule has 6 nitrogen and oxygen atoms in total. The Morgan fingerprint density at radius 3 is 2.51 bits per heavy atom. The van der Waals surface area contributed by atoms with Gasteiger partial charge in [-0.05, 0) is 50.5 Å². The third-order valence-corrected chi connectivity index (χ3v) is 8.21. The molecule has 3 heterocycles. The van der Waals surface area contributed by atoms with Crippen molar-refractivity contribution in [2.75, 3.05) is 37.6 Å². The number of anilines is 1. The van der Waals surface area contributed by atoms with Crippen LogP contribution in [0.15, 0.2) is 29.6 Å². The van der Waals surface area contributed by atoms with E-state index in [4.69, 9.17) is 0 Å². The van der Waals surface area contributed by atoms with E-state index in [1.807, 2.05) is 11.8 Å². The van der Waals surface area contributed by atoms with Gasteiger partial charge in [-0.3, -0.25) is 4.79 Å². The Bertz CT molecular complexity index is 1020. The van der Waals surface area contributed by atoms with E-state index in [9.17, 15) is 18.0 Å². The molecule has 0 saturated carbocycles. The van der Waals surface area contributed by atoms with E-state index in [0.29, 0.717) is 32.1 Å². The van der Waals surface area contributed by atoms with Crippen LogP contribution in [0.4, 0.5) is 19.0 Å². The molecule has 2 aliphatic carbocycles. The Balaban J connectivity index is 1.33. The summed E-state index contributed by atoms with van der Waals surface area (Å²) in [7, 11) is 0. The Morgan fingerprint density at radius 1 is 1.09 bits per heavy atom. The second-order valence-electron chi connectivity index (χ2n) is 10.5. The number of piperazine rings is 1. The molecule has 1 aromatic heterocycles. The number of rotatable bonds is 4. The van der Waals surface area contributed by atoms with Crippen molar-refractivity contribution in [1.82, 2.24) is 20.2 Å². The normalized spacial score (nSPS) is 28.0. The number of alkyl halides is 3. The summed E-state index contributed by atoms with van der Waals surface area (Å²) in [6, 6.07) is -0.0268. The molecule has 2 aliphatic heterocycles. The maximum Gasteiger partial charge on any atom is 0.412 e. The number of hydrogen-bond donors (Lipinski definition) is 1. The summed E-state index contributed by atoms with van der Waals surface area (Å²) < 4.78 is 39.8. The number of nitrogens with zero attached hydrogens (tertiary/aromatic N) is 4. The van der Waals surface area contributed by atoms with E-state index in [-0.39, 0.29) is 24.3 Å². The lowest BCUT2D eigenvalue weighted by Gasteiger charge is -2.40. The molecule has 0 aromatic carbocycles. The standard InChI is InChI=1S/C26H34F3N5O/c1-16-5-8-21-22(16)24(32-15-31-21)33-10-12-34(13-11-33)25(35)23(20-4-3-9-30-20)19-7-6-18(14-17(19)2)26(27,28)29/h6-7,15-17,20,23,30H,3-5,8-14H2,1-2H3/t16-,17-,20+,23+/m1/s1. The van der Waals surface area contributed by atoms with Crippen molar-refractivity contribution >= 4 is 11.7 Å². The molecule has 4 atom stereocenters. The fraction of sp³-hybridized carbons (Fsp3) is 0.654. The number of aryl methyl sites for hydroxylation is 1. The van der Waals surface area contributed by atoms with E-state index < -0.39 is 17.7 Å². The molecule has 0 unspecified atom stereocenters. The van der Waals surface area contributed by atoms with Crippen LogP contribution in [-0.2, 0) is 11.2 Å². The number of amides is 1. The number of carbonyl (C=O) groups is 1. The van der Waals surface area contributed by atoms with Gasteiger partial charge in [-0.15, -0.1) is 0 Å². The van der Waals surface area contributed by atoms with Crippen LogP contribution < -0.4 is 10.2 Å². The van der Waals surface area contributed by atoms with Crippen molar-refractivity contribution in [2.24, 2.45) is 11.8 Å². The first-order valence-corrected chi connectivity index (χ1v) is 12.8. The van der Waals surface area contributed by atoms with Gasteiger partial charge in [0.25, 0.3) is 0 Å². The van der Waals surface area contributed by atoms with Gasteiger partial charge in [0.05, 0.1) is 5.92 Å². The highest BCUT2D eigenvalue weighted by molar-refractivity contribution is 5.83. The summed E-state index contributed by atoms with van der Waals surface area (Å²) in [6.07, 6.45) is 3.91. The second-order valence-corrected chi connectivity index (χ2v) is 10.5. The van der Waals surface area contributed by atoms with E-state index in [2.05, 4.69) is 27.1 Å². The van der Waals surface area contributed by atoms with Gasteiger partial charge < -0.3 is 15.1 Å². The largest absolute Gasteiger partial charge is 0.412 e. The van der Waals surface area contributed by atoms with Crippen LogP contribution in [0.5, 0.6) is 0 Å². The number of halogens is 3. The minimum Gasteiger partial charge on any atom is -0.353 e. The quantitative estimate of drug-likeness (QED) is 0.693. The SMILES string of the molecule is C[C@@H]1CC(C(F)(F)F)=CC=C1[C@H](C(=O)N1CCN(c2ncnc3c2[C@H](C)CC3)CC1)[C@@H]1CCCN1. The number of hydrogen-bond acceptors (Lipinski definition) is 5. The third kappa shape index (κ3) is 4.71. The van der Waals surface area contributed by atoms with Crippen LogP contribution in [0, 0.1) is 11.8 Å². The molecule has 9 heteroatoms. The van der Waals surface area contributed by atoms with Crippen molar-refractivity contribution < 1.29 is 18.0 Å². The molecular weight excluding hydrogens is 455 g/mol. The van der Waals surface area contributed by atoms with Crippen LogP contribution in [0.3, 0.4) is 0 Å². The molecule has 0 radical (unpaired) electrons. The maximum absolute atomic E-state index is 13.8. The fourth-order valence-corrected chi connectivity index (χ4v) is 6.25. The summed E-state index contributed by atoms with van der Waals surface area (Å²) in [5.74, 6) is 0.725. The summed E-state index contributed by atoms with van der Waals surface area (Å²) in [4.78, 5) is 27.1. The lowest BCUT2D eigenvalue weighted by atomic mass is 9.77. The zero-order valence-electron chi connectivity index (χ0n) is 20.4. The first-order valence-electron chi connectivity index (χ1n) is 12.8. The topological polar surface area (TPSA) is 61.4 Å². The van der Waals surface area contributed by atoms with E-state index in [1.165, 1.54) is 11.6 Å². The highest BCUT2D eigenvalue weighted by Crippen LogP contribution is 2.41. The van der Waals surface area contributed by atoms with Crippen LogP contribution in [-0.4, -0.2) is 65.7 Å². The lowest BCUT2D eigenvalue weighted by Crippen LogP contribution is -2.53. The van der Waals surface area contributed by atoms with Crippen LogP contribution in [0.2, 0.25) is 0 Å². The zero-order valence-corrected chi connectivity index (χ0v) is 20.4. The highest BCUT2D eigenvalue weighted by Gasteiger charge is 2.42. The summed E-state index contributed by atoms with van der Waals surface area (Å²) in [6.45, 7) is 7.43. The monoisotopic (exact) mass is 489 g/mol. The molecule has 2 saturated heterocycles. The second kappa shape index (κ2) is 9.56. The number of fused-ring (bicyclic) bond motifs is 1. The zero-order chi connectivity index (χ0) is 24.7. The van der Waals surface area contributed by atoms with E-state index >= 15 is 0 Å². The van der Waals surface area contributed by atoms with Gasteiger partial charge in [0.1, 0.15) is 12.1 Å². The first-order chi connectivity index (χ1) is 16.7. The predicted molar refractivity (Wildman–Crippen MR) is 128 cm³/mol. The Kier molecular flexibility index (Phi) is 6.63. The van der Waals surface area contributed by atoms with Gasteiger partial charge >= 0.3 is 6.18 Å². The van der Waals surface area contributed by atoms with Gasteiger partial charge in [0, 0.05) is 49.1 Å². The molecule has 4 aliphatic rings. The number of nitrogens with one attached hydrogen (secondary N) is 1. The number of aromatic nitrogens is 2. The Hall–Kier alpha value is -2.42. The number of allylic oxidation sites excluding steroid dienone is 3. The molecule has 1 aromatic rings. The molecular formula is C26H34F3N5O. The molecule has 1 amide bonds. The van der Waals surface area contributed by atoms with Gasteiger partial charge in [0.15, 0.2) is 0 Å². The van der Waals surface area contributed by atoms with E-state index in [1.54, 1.807) is 12.4 Å². The molecule has 0 bridgehead atoms. The van der Waals surface area contributed by atoms with Crippen LogP contribution in [0.25, 0.3) is 0 Å². The van der Waals surface area contributed by atoms with Crippen molar-refractivity contribution in [1.29, 1.82) is 0 Å². The van der Waals surface area contributed by atoms with E-state index in [0.717, 1.165) is 49.3 Å². The van der Waals surface area contributed by atoms with Crippen LogP contribution >= 0.6 is 0 Å². The third-order valence-electron chi connectivity index (χ3n) is 8.21. The van der Waals surface area contributed by atoms with Crippen molar-refractivity contribution in [3.05, 3.63) is 40.9 Å². The highest BCUT2D eigenvalue weighted by atomic mass is 19.4. The van der Waals surface area contributed by atoms with Crippen molar-refractivity contribution in [3.63, 3.8) is 0 Å². The summed E-state index contributed by atoms with van der Waals surface area (Å²) in [5.41, 5.74) is 2.69. The van der Waals surface area contributed by atoms with Gasteiger partial charge in [-0.2, -0.15) is 13.2 Å². The average molecular weight is 490 g/mol.